The van der Waals surface area contributed by atoms with Crippen LogP contribution in [0.15, 0.2) is 91.0 Å². The molecule has 3 fully saturated rings. The second-order valence-electron chi connectivity index (χ2n) is 10.5. The zero-order chi connectivity index (χ0) is 26.9. The Morgan fingerprint density at radius 3 is 1.92 bits per heavy atom. The average Bonchev–Trinajstić information content (AvgIpc) is 3.58. The maximum absolute atomic E-state index is 14.2. The Morgan fingerprint density at radius 2 is 1.33 bits per heavy atom. The van der Waals surface area contributed by atoms with E-state index in [1.54, 1.807) is 9.80 Å². The highest BCUT2D eigenvalue weighted by Gasteiger charge is 2.54. The number of hydrogen-bond acceptors (Lipinski definition) is 3. The van der Waals surface area contributed by atoms with Crippen LogP contribution in [0.3, 0.4) is 0 Å². The largest absolute Gasteiger partial charge is 0.480 e. The van der Waals surface area contributed by atoms with E-state index in [2.05, 4.69) is 0 Å². The molecule has 2 bridgehead atoms. The van der Waals surface area contributed by atoms with Crippen molar-refractivity contribution in [3.63, 3.8) is 0 Å². The van der Waals surface area contributed by atoms with E-state index in [-0.39, 0.29) is 24.7 Å². The van der Waals surface area contributed by atoms with E-state index >= 15 is 0 Å². The lowest BCUT2D eigenvalue weighted by Gasteiger charge is -2.47. The topological polar surface area (TPSA) is 84.4 Å². The fourth-order valence-corrected chi connectivity index (χ4v) is 6.56. The van der Waals surface area contributed by atoms with Crippen LogP contribution in [0.1, 0.15) is 37.3 Å². The van der Waals surface area contributed by atoms with E-state index in [9.17, 15) is 19.5 Å². The molecule has 4 amide bonds. The van der Waals surface area contributed by atoms with Crippen molar-refractivity contribution in [2.45, 2.75) is 49.9 Å². The molecule has 4 atom stereocenters. The van der Waals surface area contributed by atoms with Crippen LogP contribution in [0, 0.1) is 0 Å². The van der Waals surface area contributed by atoms with Crippen molar-refractivity contribution in [1.29, 1.82) is 0 Å². The number of anilines is 2. The van der Waals surface area contributed by atoms with E-state index in [1.165, 1.54) is 4.90 Å². The maximum Gasteiger partial charge on any atom is 0.329 e. The number of amides is 4. The summed E-state index contributed by atoms with van der Waals surface area (Å²) >= 11 is 0. The molecule has 8 heteroatoms. The number of carbonyl (C=O) groups is 3. The number of benzene rings is 3. The summed E-state index contributed by atoms with van der Waals surface area (Å²) in [5.74, 6) is -1.09. The molecule has 6 rings (SSSR count). The number of rotatable bonds is 4. The summed E-state index contributed by atoms with van der Waals surface area (Å²) in [7, 11) is 0. The zero-order valence-electron chi connectivity index (χ0n) is 21.7. The summed E-state index contributed by atoms with van der Waals surface area (Å²) in [4.78, 5) is 47.7. The van der Waals surface area contributed by atoms with Crippen LogP contribution in [-0.2, 0) is 4.79 Å². The first-order chi connectivity index (χ1) is 19.0. The standard InChI is InChI=1S/C31H32N4O4/c36-29(37)28-27-19-18-25(35(27)30(38)32-20-10-17-26(32)22-11-4-1-5-12-22)21-33(28)31(39)34(23-13-6-2-7-14-23)24-15-8-3-9-16-24/h1-9,11-16,25-28H,10,17-21H2,(H,36,37)/t25-,26-,27+,28-/m0/s1. The molecule has 3 aliphatic heterocycles. The van der Waals surface area contributed by atoms with Crippen LogP contribution in [0.5, 0.6) is 0 Å². The van der Waals surface area contributed by atoms with Crippen molar-refractivity contribution < 1.29 is 19.5 Å². The number of carboxylic acids is 1. The predicted molar refractivity (Wildman–Crippen MR) is 148 cm³/mol. The Kier molecular flexibility index (Phi) is 6.69. The predicted octanol–water partition coefficient (Wildman–Crippen LogP) is 5.50. The van der Waals surface area contributed by atoms with Crippen LogP contribution >= 0.6 is 0 Å². The Morgan fingerprint density at radius 1 is 0.744 bits per heavy atom. The Hall–Kier alpha value is -4.33. The van der Waals surface area contributed by atoms with Gasteiger partial charge in [0.05, 0.1) is 29.5 Å². The summed E-state index contributed by atoms with van der Waals surface area (Å²) in [6, 6.07) is 26.1. The van der Waals surface area contributed by atoms with E-state index in [4.69, 9.17) is 0 Å². The smallest absolute Gasteiger partial charge is 0.329 e. The second kappa shape index (κ2) is 10.4. The van der Waals surface area contributed by atoms with E-state index < -0.39 is 24.1 Å². The van der Waals surface area contributed by atoms with E-state index in [0.717, 1.165) is 18.4 Å². The first kappa shape index (κ1) is 25.0. The van der Waals surface area contributed by atoms with Gasteiger partial charge in [0.25, 0.3) is 0 Å². The molecular weight excluding hydrogens is 492 g/mol. The number of carbonyl (C=O) groups excluding carboxylic acids is 2. The van der Waals surface area contributed by atoms with Gasteiger partial charge < -0.3 is 19.8 Å². The minimum Gasteiger partial charge on any atom is -0.480 e. The lowest BCUT2D eigenvalue weighted by molar-refractivity contribution is -0.145. The third-order valence-corrected chi connectivity index (χ3v) is 8.28. The van der Waals surface area contributed by atoms with E-state index in [1.807, 2.05) is 95.9 Å². The number of likely N-dealkylation sites (tertiary alicyclic amines) is 2. The van der Waals surface area contributed by atoms with Crippen LogP contribution in [0.2, 0.25) is 0 Å². The molecular formula is C31H32N4O4. The number of para-hydroxylation sites is 2. The van der Waals surface area contributed by atoms with Gasteiger partial charge in [-0.05, 0) is 55.5 Å². The van der Waals surface area contributed by atoms with Crippen molar-refractivity contribution in [2.75, 3.05) is 18.0 Å². The highest BCUT2D eigenvalue weighted by molar-refractivity contribution is 6.01. The summed E-state index contributed by atoms with van der Waals surface area (Å²) in [6.45, 7) is 0.822. The van der Waals surface area contributed by atoms with Crippen molar-refractivity contribution in [3.8, 4) is 0 Å². The van der Waals surface area contributed by atoms with Gasteiger partial charge in [0.1, 0.15) is 0 Å². The first-order valence-electron chi connectivity index (χ1n) is 13.6. The van der Waals surface area contributed by atoms with Crippen molar-refractivity contribution in [2.24, 2.45) is 0 Å². The Labute approximate surface area is 228 Å². The molecule has 39 heavy (non-hydrogen) atoms. The highest BCUT2D eigenvalue weighted by Crippen LogP contribution is 2.40. The van der Waals surface area contributed by atoms with E-state index in [0.29, 0.717) is 30.8 Å². The molecule has 8 nitrogen and oxygen atoms in total. The Balaban J connectivity index is 1.31. The van der Waals surface area contributed by atoms with Gasteiger partial charge in [-0.3, -0.25) is 4.90 Å². The average molecular weight is 525 g/mol. The van der Waals surface area contributed by atoms with Crippen LogP contribution in [0.25, 0.3) is 0 Å². The summed E-state index contributed by atoms with van der Waals surface area (Å²) in [5, 5.41) is 10.4. The SMILES string of the molecule is O=C(O)[C@@H]1[C@H]2CC[C@@H](CN1C(=O)N(c1ccccc1)c1ccccc1)N2C(=O)N1CCC[C@H]1c1ccccc1. The minimum atomic E-state index is -1.13. The van der Waals surface area contributed by atoms with Gasteiger partial charge in [-0.1, -0.05) is 66.7 Å². The molecule has 1 N–H and O–H groups in total. The maximum atomic E-state index is 14.2. The number of urea groups is 2. The molecule has 3 aliphatic rings. The third kappa shape index (κ3) is 4.50. The van der Waals surface area contributed by atoms with Crippen molar-refractivity contribution >= 4 is 29.4 Å². The fraction of sp³-hybridized carbons (Fsp3) is 0.323. The number of fused-ring (bicyclic) bond motifs is 2. The molecule has 0 spiro atoms. The van der Waals surface area contributed by atoms with Gasteiger partial charge in [-0.2, -0.15) is 0 Å². The van der Waals surface area contributed by atoms with Gasteiger partial charge in [-0.25, -0.2) is 14.4 Å². The normalized spacial score (nSPS) is 24.1. The number of aliphatic carboxylic acids is 1. The molecule has 3 heterocycles. The molecule has 3 saturated heterocycles. The Bertz CT molecular complexity index is 1300. The fourth-order valence-electron chi connectivity index (χ4n) is 6.56. The monoisotopic (exact) mass is 524 g/mol. The van der Waals surface area contributed by atoms with Gasteiger partial charge >= 0.3 is 18.0 Å². The minimum absolute atomic E-state index is 0.0207. The molecule has 0 aromatic heterocycles. The lowest BCUT2D eigenvalue weighted by Crippen LogP contribution is -2.67. The molecule has 3 aromatic rings. The number of hydrogen-bond donors (Lipinski definition) is 1. The van der Waals surface area contributed by atoms with Gasteiger partial charge in [0, 0.05) is 13.1 Å². The molecule has 200 valence electrons. The van der Waals surface area contributed by atoms with Crippen LogP contribution in [-0.4, -0.2) is 69.1 Å². The molecule has 0 radical (unpaired) electrons. The van der Waals surface area contributed by atoms with Crippen molar-refractivity contribution in [1.82, 2.24) is 14.7 Å². The van der Waals surface area contributed by atoms with Gasteiger partial charge in [0.2, 0.25) is 0 Å². The molecule has 0 aliphatic carbocycles. The molecule has 0 saturated carbocycles. The quantitative estimate of drug-likeness (QED) is 0.488. The van der Waals surface area contributed by atoms with Crippen LogP contribution < -0.4 is 4.90 Å². The molecule has 0 unspecified atom stereocenters. The number of carboxylic acid groups (broad SMARTS) is 1. The van der Waals surface area contributed by atoms with Gasteiger partial charge in [0.15, 0.2) is 6.04 Å². The van der Waals surface area contributed by atoms with Crippen LogP contribution in [0.4, 0.5) is 21.0 Å². The number of piperazine rings is 1. The summed E-state index contributed by atoms with van der Waals surface area (Å²) in [6.07, 6.45) is 3.02. The first-order valence-corrected chi connectivity index (χ1v) is 13.6. The highest BCUT2D eigenvalue weighted by atomic mass is 16.4. The number of nitrogens with zero attached hydrogens (tertiary/aromatic N) is 4. The third-order valence-electron chi connectivity index (χ3n) is 8.28. The lowest BCUT2D eigenvalue weighted by atomic mass is 10.0. The molecule has 3 aromatic carbocycles. The summed E-state index contributed by atoms with van der Waals surface area (Å²) < 4.78 is 0. The summed E-state index contributed by atoms with van der Waals surface area (Å²) in [5.41, 5.74) is 2.42. The van der Waals surface area contributed by atoms with Gasteiger partial charge in [-0.15, -0.1) is 0 Å². The second-order valence-corrected chi connectivity index (χ2v) is 10.5. The van der Waals surface area contributed by atoms with Crippen molar-refractivity contribution in [3.05, 3.63) is 96.6 Å². The zero-order valence-corrected chi connectivity index (χ0v) is 21.7.